The summed E-state index contributed by atoms with van der Waals surface area (Å²) < 4.78 is 11.1. The van der Waals surface area contributed by atoms with E-state index in [1.54, 1.807) is 12.0 Å². The van der Waals surface area contributed by atoms with Gasteiger partial charge in [0.1, 0.15) is 5.75 Å². The summed E-state index contributed by atoms with van der Waals surface area (Å²) in [7, 11) is 1.62. The predicted octanol–water partition coefficient (Wildman–Crippen LogP) is 5.20. The molecule has 1 fully saturated rings. The lowest BCUT2D eigenvalue weighted by Gasteiger charge is -2.37. The van der Waals surface area contributed by atoms with Crippen LogP contribution in [-0.4, -0.2) is 38.2 Å². The molecule has 0 spiro atoms. The molecule has 1 saturated heterocycles. The molecule has 3 aliphatic rings. The molecule has 2 aromatic rings. The lowest BCUT2D eigenvalue weighted by atomic mass is 9.73. The van der Waals surface area contributed by atoms with Crippen molar-refractivity contribution >= 4 is 23.2 Å². The van der Waals surface area contributed by atoms with E-state index < -0.39 is 6.04 Å². The number of methoxy groups -OCH3 is 1. The number of para-hydroxylation sites is 2. The Morgan fingerprint density at radius 3 is 2.66 bits per heavy atom. The highest BCUT2D eigenvalue weighted by molar-refractivity contribution is 6.06. The van der Waals surface area contributed by atoms with E-state index in [4.69, 9.17) is 9.47 Å². The molecule has 184 valence electrons. The highest BCUT2D eigenvalue weighted by atomic mass is 16.5. The van der Waals surface area contributed by atoms with Crippen LogP contribution in [0.15, 0.2) is 59.8 Å². The molecule has 2 atom stereocenters. The average Bonchev–Trinajstić information content (AvgIpc) is 3.31. The molecule has 7 nitrogen and oxygen atoms in total. The number of hydrogen-bond donors (Lipinski definition) is 2. The van der Waals surface area contributed by atoms with Crippen LogP contribution in [0.4, 0.5) is 16.2 Å². The molecular weight excluding hydrogens is 442 g/mol. The molecule has 7 heteroatoms. The van der Waals surface area contributed by atoms with Gasteiger partial charge in [-0.25, -0.2) is 4.79 Å². The van der Waals surface area contributed by atoms with Crippen molar-refractivity contribution in [2.75, 3.05) is 30.5 Å². The second-order valence-electron chi connectivity index (χ2n) is 10.3. The molecule has 5 rings (SSSR count). The van der Waals surface area contributed by atoms with E-state index in [2.05, 4.69) is 24.5 Å². The van der Waals surface area contributed by atoms with Gasteiger partial charge in [-0.2, -0.15) is 0 Å². The van der Waals surface area contributed by atoms with Crippen LogP contribution in [0.5, 0.6) is 5.75 Å². The van der Waals surface area contributed by atoms with Crippen molar-refractivity contribution in [1.82, 2.24) is 5.32 Å². The number of nitrogens with zero attached hydrogens (tertiary/aromatic N) is 1. The van der Waals surface area contributed by atoms with Gasteiger partial charge in [0, 0.05) is 30.8 Å². The van der Waals surface area contributed by atoms with Crippen LogP contribution in [0.1, 0.15) is 51.1 Å². The minimum atomic E-state index is -0.569. The van der Waals surface area contributed by atoms with Gasteiger partial charge in [0.2, 0.25) is 0 Å². The van der Waals surface area contributed by atoms with Crippen molar-refractivity contribution in [1.29, 1.82) is 0 Å². The van der Waals surface area contributed by atoms with Gasteiger partial charge in [-0.15, -0.1) is 0 Å². The zero-order valence-corrected chi connectivity index (χ0v) is 20.6. The van der Waals surface area contributed by atoms with Crippen LogP contribution in [0.25, 0.3) is 0 Å². The molecular formula is C28H33N3O4. The fourth-order valence-corrected chi connectivity index (χ4v) is 5.40. The second-order valence-corrected chi connectivity index (χ2v) is 10.3. The normalized spacial score (nSPS) is 23.2. The first kappa shape index (κ1) is 23.4. The number of anilines is 2. The highest BCUT2D eigenvalue weighted by Crippen LogP contribution is 2.48. The first-order valence-corrected chi connectivity index (χ1v) is 12.3. The van der Waals surface area contributed by atoms with E-state index in [9.17, 15) is 9.59 Å². The maximum atomic E-state index is 13.9. The average molecular weight is 476 g/mol. The second kappa shape index (κ2) is 9.38. The Hall–Kier alpha value is -3.32. The van der Waals surface area contributed by atoms with Gasteiger partial charge in [-0.05, 0) is 54.5 Å². The number of ether oxygens (including phenoxy) is 2. The number of urea groups is 1. The SMILES string of the molecule is COc1ccc([C@H]2C3=C(CC(C)(C)CC3=O)Nc3ccccc3N2C(=O)NC[C@H]2CCCO2)cc1. The van der Waals surface area contributed by atoms with E-state index >= 15 is 0 Å². The van der Waals surface area contributed by atoms with E-state index in [-0.39, 0.29) is 23.3 Å². The number of nitrogens with one attached hydrogen (secondary N) is 2. The van der Waals surface area contributed by atoms with Gasteiger partial charge in [0.15, 0.2) is 5.78 Å². The predicted molar refractivity (Wildman–Crippen MR) is 136 cm³/mol. The Labute approximate surface area is 206 Å². The van der Waals surface area contributed by atoms with Crippen LogP contribution < -0.4 is 20.3 Å². The molecule has 2 amide bonds. The Morgan fingerprint density at radius 2 is 1.94 bits per heavy atom. The summed E-state index contributed by atoms with van der Waals surface area (Å²) in [4.78, 5) is 29.3. The maximum absolute atomic E-state index is 13.9. The van der Waals surface area contributed by atoms with Crippen molar-refractivity contribution in [3.05, 3.63) is 65.4 Å². The lowest BCUT2D eigenvalue weighted by molar-refractivity contribution is -0.118. The van der Waals surface area contributed by atoms with Crippen LogP contribution >= 0.6 is 0 Å². The fraction of sp³-hybridized carbons (Fsp3) is 0.429. The summed E-state index contributed by atoms with van der Waals surface area (Å²) in [5.74, 6) is 0.787. The molecule has 35 heavy (non-hydrogen) atoms. The summed E-state index contributed by atoms with van der Waals surface area (Å²) in [6.07, 6.45) is 3.11. The number of carbonyl (C=O) groups is 2. The topological polar surface area (TPSA) is 79.9 Å². The number of carbonyl (C=O) groups excluding carboxylic acids is 2. The van der Waals surface area contributed by atoms with Gasteiger partial charge >= 0.3 is 6.03 Å². The Morgan fingerprint density at radius 1 is 1.17 bits per heavy atom. The monoisotopic (exact) mass is 475 g/mol. The quantitative estimate of drug-likeness (QED) is 0.635. The van der Waals surface area contributed by atoms with Crippen LogP contribution in [0.2, 0.25) is 0 Å². The first-order chi connectivity index (χ1) is 16.9. The van der Waals surface area contributed by atoms with Gasteiger partial charge < -0.3 is 20.1 Å². The molecule has 0 aromatic heterocycles. The van der Waals surface area contributed by atoms with Gasteiger partial charge in [0.25, 0.3) is 0 Å². The standard InChI is InChI=1S/C28H33N3O4/c1-28(2)15-22-25(24(32)16-28)26(18-10-12-19(34-3)13-11-18)31(23-9-5-4-8-21(23)30-22)27(33)29-17-20-7-6-14-35-20/h4-5,8-13,20,26,30H,6-7,14-17H2,1-3H3,(H,29,33)/t20-,26+/m1/s1. The molecule has 2 aliphatic heterocycles. The minimum Gasteiger partial charge on any atom is -0.497 e. The number of allylic oxidation sites excluding steroid dienone is 1. The van der Waals surface area contributed by atoms with Crippen LogP contribution in [0, 0.1) is 5.41 Å². The summed E-state index contributed by atoms with van der Waals surface area (Å²) in [6.45, 7) is 5.39. The van der Waals surface area contributed by atoms with Crippen molar-refractivity contribution in [2.24, 2.45) is 5.41 Å². The fourth-order valence-electron chi connectivity index (χ4n) is 5.40. The van der Waals surface area contributed by atoms with Crippen molar-refractivity contribution in [3.8, 4) is 5.75 Å². The third kappa shape index (κ3) is 4.65. The lowest BCUT2D eigenvalue weighted by Crippen LogP contribution is -2.46. The number of rotatable bonds is 4. The molecule has 0 bridgehead atoms. The van der Waals surface area contributed by atoms with Crippen LogP contribution in [0.3, 0.4) is 0 Å². The van der Waals surface area contributed by atoms with Crippen LogP contribution in [-0.2, 0) is 9.53 Å². The molecule has 0 saturated carbocycles. The van der Waals surface area contributed by atoms with Gasteiger partial charge in [-0.3, -0.25) is 9.69 Å². The van der Waals surface area contributed by atoms with E-state index in [0.29, 0.717) is 18.5 Å². The van der Waals surface area contributed by atoms with E-state index in [1.807, 2.05) is 48.5 Å². The molecule has 0 radical (unpaired) electrons. The number of ketones is 1. The Kier molecular flexibility index (Phi) is 6.28. The molecule has 2 heterocycles. The van der Waals surface area contributed by atoms with Crippen molar-refractivity contribution in [2.45, 2.75) is 51.7 Å². The number of fused-ring (bicyclic) bond motifs is 1. The van der Waals surface area contributed by atoms with Crippen molar-refractivity contribution < 1.29 is 19.1 Å². The van der Waals surface area contributed by atoms with Gasteiger partial charge in [-0.1, -0.05) is 38.1 Å². The number of amides is 2. The van der Waals surface area contributed by atoms with E-state index in [0.717, 1.165) is 54.3 Å². The maximum Gasteiger partial charge on any atom is 0.322 e. The van der Waals surface area contributed by atoms with E-state index in [1.165, 1.54) is 0 Å². The van der Waals surface area contributed by atoms with Gasteiger partial charge in [0.05, 0.1) is 30.6 Å². The third-order valence-electron chi connectivity index (χ3n) is 7.06. The molecule has 2 aromatic carbocycles. The zero-order valence-electron chi connectivity index (χ0n) is 20.6. The highest BCUT2D eigenvalue weighted by Gasteiger charge is 2.43. The summed E-state index contributed by atoms with van der Waals surface area (Å²) >= 11 is 0. The molecule has 1 aliphatic carbocycles. The minimum absolute atomic E-state index is 0.0191. The third-order valence-corrected chi connectivity index (χ3v) is 7.06. The number of benzene rings is 2. The first-order valence-electron chi connectivity index (χ1n) is 12.3. The zero-order chi connectivity index (χ0) is 24.6. The summed E-state index contributed by atoms with van der Waals surface area (Å²) in [5.41, 5.74) is 3.77. The largest absolute Gasteiger partial charge is 0.497 e. The Bertz CT molecular complexity index is 1150. The smallest absolute Gasteiger partial charge is 0.322 e. The number of Topliss-reactive ketones (excluding diaryl/α,β-unsaturated/α-hetero) is 1. The summed E-state index contributed by atoms with van der Waals surface area (Å²) in [5, 5.41) is 6.63. The molecule has 0 unspecified atom stereocenters. The Balaban J connectivity index is 1.64. The van der Waals surface area contributed by atoms with Crippen molar-refractivity contribution in [3.63, 3.8) is 0 Å². The number of hydrogen-bond acceptors (Lipinski definition) is 5. The summed E-state index contributed by atoms with van der Waals surface area (Å²) in [6, 6.07) is 14.6. The molecule has 2 N–H and O–H groups in total.